The minimum Gasteiger partial charge on any atom is -0.373 e. The molecule has 1 saturated heterocycles. The Labute approximate surface area is 92.0 Å². The maximum Gasteiger partial charge on any atom is 0.126 e. The van der Waals surface area contributed by atoms with Crippen LogP contribution in [-0.2, 0) is 19.1 Å². The van der Waals surface area contributed by atoms with Gasteiger partial charge in [-0.05, 0) is 27.7 Å². The predicted octanol–water partition coefficient (Wildman–Crippen LogP) is 1.80. The number of aldehydes is 2. The van der Waals surface area contributed by atoms with Gasteiger partial charge in [0, 0.05) is 6.42 Å². The minimum absolute atomic E-state index is 0.167. The topological polar surface area (TPSA) is 63.7 Å². The molecule has 1 rings (SSSR count). The Morgan fingerprint density at radius 1 is 1.40 bits per heavy atom. The van der Waals surface area contributed by atoms with Crippen LogP contribution in [0.3, 0.4) is 0 Å². The predicted molar refractivity (Wildman–Crippen MR) is 59.9 cm³/mol. The summed E-state index contributed by atoms with van der Waals surface area (Å²) in [6, 6.07) is 0. The van der Waals surface area contributed by atoms with E-state index < -0.39 is 0 Å². The smallest absolute Gasteiger partial charge is 0.126 e. The van der Waals surface area contributed by atoms with Crippen LogP contribution in [0.4, 0.5) is 0 Å². The first-order valence-corrected chi connectivity index (χ1v) is 4.88. The van der Waals surface area contributed by atoms with Gasteiger partial charge in [-0.3, -0.25) is 0 Å². The average Bonchev–Trinajstić information content (AvgIpc) is 2.89. The van der Waals surface area contributed by atoms with Crippen molar-refractivity contribution in [1.82, 2.24) is 0 Å². The number of hydrogen-bond donors (Lipinski definition) is 0. The molecule has 0 saturated carbocycles. The van der Waals surface area contributed by atoms with Crippen LogP contribution >= 0.6 is 0 Å². The van der Waals surface area contributed by atoms with Gasteiger partial charge in [0.2, 0.25) is 0 Å². The maximum atomic E-state index is 9.44. The van der Waals surface area contributed by atoms with Gasteiger partial charge in [0.15, 0.2) is 0 Å². The van der Waals surface area contributed by atoms with E-state index in [2.05, 4.69) is 6.92 Å². The molecule has 0 N–H and O–H groups in total. The third-order valence-electron chi connectivity index (χ3n) is 0.667. The van der Waals surface area contributed by atoms with Crippen LogP contribution in [0.1, 0.15) is 41.0 Å². The van der Waals surface area contributed by atoms with E-state index in [4.69, 9.17) is 9.53 Å². The molecule has 15 heavy (non-hydrogen) atoms. The van der Waals surface area contributed by atoms with Gasteiger partial charge in [0.1, 0.15) is 18.4 Å². The lowest BCUT2D eigenvalue weighted by Gasteiger charge is -1.56. The van der Waals surface area contributed by atoms with Crippen molar-refractivity contribution in [1.29, 1.82) is 0 Å². The first-order chi connectivity index (χ1) is 6.95. The standard InChI is InChI=1S/3C3H6O.C2H4O/c1-3-2-4-3;1-3(2)4;1-2-3-4;1-2-3/h3H,2H2,1H3;1-2H3;3H,2H2,1H3;2H,1H3. The Balaban J connectivity index is -0.000000129. The molecule has 1 unspecified atom stereocenters. The van der Waals surface area contributed by atoms with Gasteiger partial charge >= 0.3 is 0 Å². The zero-order valence-electron chi connectivity index (χ0n) is 10.3. The van der Waals surface area contributed by atoms with Crippen molar-refractivity contribution in [2.24, 2.45) is 0 Å². The van der Waals surface area contributed by atoms with Gasteiger partial charge in [-0.25, -0.2) is 0 Å². The molecule has 0 amide bonds. The van der Waals surface area contributed by atoms with Crippen molar-refractivity contribution >= 4 is 18.4 Å². The lowest BCUT2D eigenvalue weighted by atomic mass is 10.6. The van der Waals surface area contributed by atoms with Gasteiger partial charge in [-0.2, -0.15) is 0 Å². The zero-order chi connectivity index (χ0) is 12.7. The van der Waals surface area contributed by atoms with Gasteiger partial charge in [0.25, 0.3) is 0 Å². The summed E-state index contributed by atoms with van der Waals surface area (Å²) >= 11 is 0. The van der Waals surface area contributed by atoms with Crippen LogP contribution in [0.5, 0.6) is 0 Å². The summed E-state index contributed by atoms with van der Waals surface area (Å²) in [5, 5.41) is 0. The van der Waals surface area contributed by atoms with Crippen molar-refractivity contribution in [2.75, 3.05) is 6.61 Å². The molecule has 0 aromatic heterocycles. The highest BCUT2D eigenvalue weighted by Crippen LogP contribution is 2.04. The molecule has 0 bridgehead atoms. The summed E-state index contributed by atoms with van der Waals surface area (Å²) in [5.41, 5.74) is 0. The van der Waals surface area contributed by atoms with Crippen molar-refractivity contribution in [3.8, 4) is 0 Å². The third-order valence-corrected chi connectivity index (χ3v) is 0.667. The molecular formula is C11H22O4. The molecule has 1 atom stereocenters. The maximum absolute atomic E-state index is 9.44. The molecule has 0 aliphatic carbocycles. The van der Waals surface area contributed by atoms with E-state index in [0.29, 0.717) is 12.5 Å². The van der Waals surface area contributed by atoms with Crippen LogP contribution in [-0.4, -0.2) is 31.1 Å². The highest BCUT2D eigenvalue weighted by atomic mass is 16.6. The molecule has 0 radical (unpaired) electrons. The Morgan fingerprint density at radius 3 is 1.53 bits per heavy atom. The van der Waals surface area contributed by atoms with E-state index in [1.165, 1.54) is 20.8 Å². The normalized spacial score (nSPS) is 14.9. The van der Waals surface area contributed by atoms with E-state index in [0.717, 1.165) is 19.2 Å². The third kappa shape index (κ3) is 177. The summed E-state index contributed by atoms with van der Waals surface area (Å²) < 4.78 is 4.71. The second-order valence-electron chi connectivity index (χ2n) is 2.86. The summed E-state index contributed by atoms with van der Waals surface area (Å²) in [7, 11) is 0. The van der Waals surface area contributed by atoms with E-state index in [-0.39, 0.29) is 5.78 Å². The van der Waals surface area contributed by atoms with Crippen LogP contribution < -0.4 is 0 Å². The van der Waals surface area contributed by atoms with Crippen LogP contribution in [0.15, 0.2) is 0 Å². The zero-order valence-corrected chi connectivity index (χ0v) is 10.3. The molecule has 0 spiro atoms. The van der Waals surface area contributed by atoms with Gasteiger partial charge in [-0.1, -0.05) is 6.92 Å². The molecule has 0 aromatic carbocycles. The van der Waals surface area contributed by atoms with Gasteiger partial charge in [-0.15, -0.1) is 0 Å². The number of ether oxygens (including phenoxy) is 1. The number of ketones is 1. The van der Waals surface area contributed by atoms with Crippen molar-refractivity contribution in [3.05, 3.63) is 0 Å². The summed E-state index contributed by atoms with van der Waals surface area (Å²) in [4.78, 5) is 27.4. The van der Waals surface area contributed by atoms with Gasteiger partial charge in [0.05, 0.1) is 12.7 Å². The number of Topliss-reactive ketones (excluding diaryl/α,β-unsaturated/α-hetero) is 1. The lowest BCUT2D eigenvalue weighted by Crippen LogP contribution is -1.69. The monoisotopic (exact) mass is 218 g/mol. The molecule has 90 valence electrons. The molecule has 4 nitrogen and oxygen atoms in total. The van der Waals surface area contributed by atoms with Crippen molar-refractivity contribution < 1.29 is 19.1 Å². The molecule has 0 aromatic rings. The molecule has 1 aliphatic rings. The van der Waals surface area contributed by atoms with E-state index in [9.17, 15) is 9.59 Å². The Hall–Kier alpha value is -1.03. The number of epoxide rings is 1. The fourth-order valence-electron chi connectivity index (χ4n) is 0.0962. The van der Waals surface area contributed by atoms with E-state index in [1.54, 1.807) is 0 Å². The SMILES string of the molecule is CC(C)=O.CC1CO1.CC=O.CCC=O. The average molecular weight is 218 g/mol. The minimum atomic E-state index is 0.167. The largest absolute Gasteiger partial charge is 0.373 e. The Morgan fingerprint density at radius 2 is 1.53 bits per heavy atom. The Bertz CT molecular complexity index is 147. The number of rotatable bonds is 1. The lowest BCUT2D eigenvalue weighted by molar-refractivity contribution is -0.115. The summed E-state index contributed by atoms with van der Waals surface area (Å²) in [6.07, 6.45) is 2.85. The fourth-order valence-corrected chi connectivity index (χ4v) is 0.0962. The number of hydrogen-bond acceptors (Lipinski definition) is 4. The fraction of sp³-hybridized carbons (Fsp3) is 0.727. The first kappa shape index (κ1) is 19.5. The number of carbonyl (C=O) groups is 3. The molecule has 1 heterocycles. The van der Waals surface area contributed by atoms with Crippen LogP contribution in [0.25, 0.3) is 0 Å². The summed E-state index contributed by atoms with van der Waals surface area (Å²) in [6.45, 7) is 9.35. The van der Waals surface area contributed by atoms with Crippen LogP contribution in [0, 0.1) is 0 Å². The molecule has 1 aliphatic heterocycles. The second kappa shape index (κ2) is 18.7. The second-order valence-corrected chi connectivity index (χ2v) is 2.86. The quantitative estimate of drug-likeness (QED) is 0.497. The van der Waals surface area contributed by atoms with Gasteiger partial charge < -0.3 is 19.1 Å². The highest BCUT2D eigenvalue weighted by Gasteiger charge is 2.13. The Kier molecular flexibility index (Phi) is 24.3. The summed E-state index contributed by atoms with van der Waals surface area (Å²) in [5.74, 6) is 0.167. The van der Waals surface area contributed by atoms with Crippen molar-refractivity contribution in [3.63, 3.8) is 0 Å². The first-order valence-electron chi connectivity index (χ1n) is 4.88. The molecule has 1 fully saturated rings. The van der Waals surface area contributed by atoms with E-state index in [1.807, 2.05) is 6.92 Å². The van der Waals surface area contributed by atoms with E-state index >= 15 is 0 Å². The van der Waals surface area contributed by atoms with Crippen LogP contribution in [0.2, 0.25) is 0 Å². The molecular weight excluding hydrogens is 196 g/mol. The number of carbonyl (C=O) groups excluding carboxylic acids is 3. The molecule has 4 heteroatoms. The highest BCUT2D eigenvalue weighted by molar-refractivity contribution is 5.72. The van der Waals surface area contributed by atoms with Crippen molar-refractivity contribution in [2.45, 2.75) is 47.1 Å².